The maximum atomic E-state index is 13.7. The number of amides is 4. The van der Waals surface area contributed by atoms with Gasteiger partial charge in [0.25, 0.3) is 0 Å². The van der Waals surface area contributed by atoms with E-state index in [0.29, 0.717) is 13.0 Å². The monoisotopic (exact) mass is 585 g/mol. The lowest BCUT2D eigenvalue weighted by molar-refractivity contribution is -0.146. The number of rotatable bonds is 17. The van der Waals surface area contributed by atoms with Crippen LogP contribution in [0.15, 0.2) is 0 Å². The Morgan fingerprint density at radius 3 is 2.22 bits per heavy atom. The van der Waals surface area contributed by atoms with Gasteiger partial charge in [-0.3, -0.25) is 24.0 Å². The van der Waals surface area contributed by atoms with E-state index in [0.717, 1.165) is 12.8 Å². The highest BCUT2D eigenvalue weighted by molar-refractivity contribution is 5.89. The Labute approximate surface area is 244 Å². The molecule has 0 aromatic carbocycles. The molecular weight excluding hydrogens is 534 g/mol. The fraction of sp³-hybridized carbons (Fsp3) is 0.821. The van der Waals surface area contributed by atoms with Gasteiger partial charge in [-0.25, -0.2) is 0 Å². The Kier molecular flexibility index (Phi) is 14.7. The highest BCUT2D eigenvalue weighted by Crippen LogP contribution is 2.29. The highest BCUT2D eigenvalue weighted by atomic mass is 16.5. The number of carbonyl (C=O) groups excluding carboxylic acids is 4. The molecule has 0 aromatic heterocycles. The Morgan fingerprint density at radius 1 is 1.07 bits per heavy atom. The number of carboxylic acids is 1. The first-order valence-corrected chi connectivity index (χ1v) is 14.2. The third-order valence-corrected chi connectivity index (χ3v) is 8.31. The second-order valence-corrected chi connectivity index (χ2v) is 11.3. The first-order chi connectivity index (χ1) is 19.2. The molecule has 0 bridgehead atoms. The van der Waals surface area contributed by atoms with Crippen molar-refractivity contribution in [2.24, 2.45) is 11.8 Å². The lowest BCUT2D eigenvalue weighted by Gasteiger charge is -2.39. The van der Waals surface area contributed by atoms with Crippen molar-refractivity contribution >= 4 is 29.6 Å². The van der Waals surface area contributed by atoms with E-state index >= 15 is 0 Å². The molecule has 0 aromatic rings. The number of likely N-dealkylation sites (tertiary alicyclic amines) is 1. The molecule has 13 nitrogen and oxygen atoms in total. The Hall–Kier alpha value is -2.77. The van der Waals surface area contributed by atoms with E-state index in [1.165, 1.54) is 14.2 Å². The molecule has 1 aliphatic heterocycles. The molecule has 13 heteroatoms. The van der Waals surface area contributed by atoms with E-state index in [9.17, 15) is 24.0 Å². The zero-order valence-electron chi connectivity index (χ0n) is 26.1. The second kappa shape index (κ2) is 16.6. The molecule has 0 aliphatic carbocycles. The van der Waals surface area contributed by atoms with E-state index in [2.05, 4.69) is 16.0 Å². The molecule has 1 fully saturated rings. The molecule has 0 saturated carbocycles. The number of aliphatic carboxylic acids is 1. The molecule has 4 amide bonds. The number of methoxy groups -OCH3 is 2. The summed E-state index contributed by atoms with van der Waals surface area (Å²) in [5.74, 6) is -3.09. The second-order valence-electron chi connectivity index (χ2n) is 11.3. The first-order valence-electron chi connectivity index (χ1n) is 14.2. The molecule has 1 heterocycles. The minimum absolute atomic E-state index is 0.00873. The minimum Gasteiger partial charge on any atom is -0.480 e. The SMILES string of the molecule is CCC(C)C(C(CC(=O)N1CCCC1C(OC)C(C)C(=O)NCC(=O)O)OC)N(C)C(=O)CNC(=O)C(C)(C)NC. The van der Waals surface area contributed by atoms with Crippen molar-refractivity contribution in [2.45, 2.75) is 90.1 Å². The maximum Gasteiger partial charge on any atom is 0.322 e. The fourth-order valence-electron chi connectivity index (χ4n) is 5.26. The van der Waals surface area contributed by atoms with Crippen molar-refractivity contribution in [3.63, 3.8) is 0 Å². The number of hydrogen-bond donors (Lipinski definition) is 4. The number of hydrogen-bond acceptors (Lipinski definition) is 8. The summed E-state index contributed by atoms with van der Waals surface area (Å²) in [6.07, 6.45) is 0.859. The van der Waals surface area contributed by atoms with Crippen molar-refractivity contribution in [1.82, 2.24) is 25.8 Å². The molecule has 1 saturated heterocycles. The summed E-state index contributed by atoms with van der Waals surface area (Å²) in [6.45, 7) is 8.87. The van der Waals surface area contributed by atoms with E-state index in [4.69, 9.17) is 14.6 Å². The summed E-state index contributed by atoms with van der Waals surface area (Å²) in [6, 6.07) is -0.807. The van der Waals surface area contributed by atoms with Crippen molar-refractivity contribution in [2.75, 3.05) is 47.9 Å². The molecule has 6 atom stereocenters. The van der Waals surface area contributed by atoms with Crippen molar-refractivity contribution in [1.29, 1.82) is 0 Å². The largest absolute Gasteiger partial charge is 0.480 e. The van der Waals surface area contributed by atoms with Gasteiger partial charge in [-0.2, -0.15) is 0 Å². The Balaban J connectivity index is 3.05. The smallest absolute Gasteiger partial charge is 0.322 e. The Morgan fingerprint density at radius 2 is 1.71 bits per heavy atom. The van der Waals surface area contributed by atoms with Crippen LogP contribution in [-0.4, -0.2) is 122 Å². The molecule has 236 valence electrons. The lowest BCUT2D eigenvalue weighted by Crippen LogP contribution is -2.56. The van der Waals surface area contributed by atoms with Crippen LogP contribution in [0.1, 0.15) is 60.3 Å². The van der Waals surface area contributed by atoms with E-state index < -0.39 is 48.1 Å². The van der Waals surface area contributed by atoms with Gasteiger partial charge in [0.1, 0.15) is 6.54 Å². The summed E-state index contributed by atoms with van der Waals surface area (Å²) >= 11 is 0. The van der Waals surface area contributed by atoms with Crippen LogP contribution < -0.4 is 16.0 Å². The number of ether oxygens (including phenoxy) is 2. The molecule has 6 unspecified atom stereocenters. The lowest BCUT2D eigenvalue weighted by atomic mass is 9.90. The summed E-state index contributed by atoms with van der Waals surface area (Å²) in [5.41, 5.74) is -0.836. The average Bonchev–Trinajstić information content (AvgIpc) is 3.43. The predicted molar refractivity (Wildman–Crippen MR) is 153 cm³/mol. The van der Waals surface area contributed by atoms with Crippen LogP contribution in [0.4, 0.5) is 0 Å². The van der Waals surface area contributed by atoms with Gasteiger partial charge >= 0.3 is 5.97 Å². The molecule has 4 N–H and O–H groups in total. The topological polar surface area (TPSA) is 167 Å². The highest BCUT2D eigenvalue weighted by Gasteiger charge is 2.42. The summed E-state index contributed by atoms with van der Waals surface area (Å²) < 4.78 is 11.5. The van der Waals surface area contributed by atoms with Crippen LogP contribution in [0, 0.1) is 11.8 Å². The normalized spacial score (nSPS) is 19.0. The van der Waals surface area contributed by atoms with Crippen molar-refractivity contribution < 1.29 is 38.6 Å². The summed E-state index contributed by atoms with van der Waals surface area (Å²) in [4.78, 5) is 66.0. The van der Waals surface area contributed by atoms with E-state index in [1.807, 2.05) is 13.8 Å². The number of carbonyl (C=O) groups is 5. The van der Waals surface area contributed by atoms with E-state index in [-0.39, 0.29) is 42.6 Å². The van der Waals surface area contributed by atoms with Gasteiger partial charge < -0.3 is 40.3 Å². The first kappa shape index (κ1) is 36.3. The van der Waals surface area contributed by atoms with Crippen LogP contribution in [0.25, 0.3) is 0 Å². The van der Waals surface area contributed by atoms with E-state index in [1.54, 1.807) is 44.7 Å². The van der Waals surface area contributed by atoms with Crippen LogP contribution in [0.3, 0.4) is 0 Å². The van der Waals surface area contributed by atoms with Gasteiger partial charge in [-0.1, -0.05) is 27.2 Å². The van der Waals surface area contributed by atoms with Crippen LogP contribution in [0.2, 0.25) is 0 Å². The van der Waals surface area contributed by atoms with Crippen LogP contribution in [-0.2, 0) is 33.4 Å². The summed E-state index contributed by atoms with van der Waals surface area (Å²) in [5, 5.41) is 16.9. The average molecular weight is 586 g/mol. The van der Waals surface area contributed by atoms with Gasteiger partial charge in [-0.15, -0.1) is 0 Å². The van der Waals surface area contributed by atoms with Crippen LogP contribution in [0.5, 0.6) is 0 Å². The molecule has 0 spiro atoms. The molecule has 1 rings (SSSR count). The van der Waals surface area contributed by atoms with Crippen molar-refractivity contribution in [3.8, 4) is 0 Å². The molecule has 1 aliphatic rings. The van der Waals surface area contributed by atoms with Gasteiger partial charge in [0.2, 0.25) is 23.6 Å². The Bertz CT molecular complexity index is 914. The van der Waals surface area contributed by atoms with Crippen LogP contribution >= 0.6 is 0 Å². The minimum atomic E-state index is -1.15. The maximum absolute atomic E-state index is 13.7. The fourth-order valence-corrected chi connectivity index (χ4v) is 5.26. The molecule has 0 radical (unpaired) electrons. The quantitative estimate of drug-likeness (QED) is 0.187. The van der Waals surface area contributed by atoms with Gasteiger partial charge in [0, 0.05) is 27.8 Å². The third kappa shape index (κ3) is 9.93. The van der Waals surface area contributed by atoms with Gasteiger partial charge in [0.15, 0.2) is 0 Å². The van der Waals surface area contributed by atoms with Gasteiger partial charge in [-0.05, 0) is 39.7 Å². The number of nitrogens with one attached hydrogen (secondary N) is 3. The molecular formula is C28H51N5O8. The number of likely N-dealkylation sites (N-methyl/N-ethyl adjacent to an activating group) is 2. The number of carboxylic acid groups (broad SMARTS) is 1. The number of nitrogens with zero attached hydrogens (tertiary/aromatic N) is 2. The van der Waals surface area contributed by atoms with Gasteiger partial charge in [0.05, 0.1) is 48.7 Å². The van der Waals surface area contributed by atoms with Crippen molar-refractivity contribution in [3.05, 3.63) is 0 Å². The zero-order valence-corrected chi connectivity index (χ0v) is 26.1. The third-order valence-electron chi connectivity index (χ3n) is 8.31. The summed E-state index contributed by atoms with van der Waals surface area (Å²) in [7, 11) is 6.31. The molecule has 41 heavy (non-hydrogen) atoms. The standard InChI is InChI=1S/C28H51N5O8/c1-10-17(2)24(32(7)22(35)15-31-27(39)28(4,5)29-6)20(40-8)14-21(34)33-13-11-12-19(33)25(41-9)18(3)26(38)30-16-23(36)37/h17-20,24-25,29H,10-16H2,1-9H3,(H,30,38)(H,31,39)(H,36,37). The predicted octanol–water partition coefficient (Wildman–Crippen LogP) is 0.222. The zero-order chi connectivity index (χ0) is 31.5.